The van der Waals surface area contributed by atoms with Crippen LogP contribution in [0.25, 0.3) is 0 Å². The van der Waals surface area contributed by atoms with Crippen LogP contribution in [-0.2, 0) is 16.6 Å². The number of rotatable bonds is 5. The van der Waals surface area contributed by atoms with Crippen molar-refractivity contribution in [1.29, 1.82) is 0 Å². The van der Waals surface area contributed by atoms with Gasteiger partial charge in [-0.3, -0.25) is 4.79 Å². The number of carbonyl (C=O) groups is 1. The molecule has 2 N–H and O–H groups in total. The molecule has 0 saturated carbocycles. The van der Waals surface area contributed by atoms with Gasteiger partial charge in [0.2, 0.25) is 10.0 Å². The minimum Gasteiger partial charge on any atom is -0.348 e. The monoisotopic (exact) mass is 476 g/mol. The summed E-state index contributed by atoms with van der Waals surface area (Å²) in [5.41, 5.74) is -0.309. The van der Waals surface area contributed by atoms with E-state index in [4.69, 9.17) is 11.6 Å². The molecule has 0 heterocycles. The zero-order valence-corrected chi connectivity index (χ0v) is 18.1. The van der Waals surface area contributed by atoms with Crippen LogP contribution in [0.4, 0.5) is 4.39 Å². The molecule has 146 valence electrons. The predicted octanol–water partition coefficient (Wildman–Crippen LogP) is 4.25. The average Bonchev–Trinajstić information content (AvgIpc) is 2.53. The molecule has 2 rings (SSSR count). The third-order valence-electron chi connectivity index (χ3n) is 3.37. The molecule has 5 nitrogen and oxygen atoms in total. The maximum atomic E-state index is 13.8. The minimum atomic E-state index is -3.91. The van der Waals surface area contributed by atoms with Crippen LogP contribution < -0.4 is 10.0 Å². The number of carbonyl (C=O) groups excluding carboxylic acids is 1. The van der Waals surface area contributed by atoms with Crippen molar-refractivity contribution in [1.82, 2.24) is 10.0 Å². The Kier molecular flexibility index (Phi) is 6.68. The second-order valence-corrected chi connectivity index (χ2v) is 9.89. The molecule has 0 atom stereocenters. The highest BCUT2D eigenvalue weighted by Crippen LogP contribution is 2.24. The quantitative estimate of drug-likeness (QED) is 0.676. The number of hydrogen-bond donors (Lipinski definition) is 2. The van der Waals surface area contributed by atoms with E-state index in [1.165, 1.54) is 24.3 Å². The van der Waals surface area contributed by atoms with E-state index in [0.717, 1.165) is 0 Å². The molecular formula is C18H19BrClFN2O3S. The van der Waals surface area contributed by atoms with E-state index in [1.54, 1.807) is 32.9 Å². The third-order valence-corrected chi connectivity index (χ3v) is 6.10. The Labute approximate surface area is 171 Å². The van der Waals surface area contributed by atoms with Gasteiger partial charge in [-0.05, 0) is 57.2 Å². The van der Waals surface area contributed by atoms with E-state index < -0.39 is 27.3 Å². The number of amides is 1. The standard InChI is InChI=1S/C18H19BrClFN2O3S/c1-18(2,3)23-27(25,26)16-9-11(4-6-14(16)20)17(24)22-10-12-8-13(19)5-7-15(12)21/h4-9,23H,10H2,1-3H3,(H,22,24). The molecule has 0 aliphatic carbocycles. The van der Waals surface area contributed by atoms with Crippen molar-refractivity contribution in [2.45, 2.75) is 37.8 Å². The Morgan fingerprint density at radius 1 is 1.19 bits per heavy atom. The van der Waals surface area contributed by atoms with Crippen molar-refractivity contribution < 1.29 is 17.6 Å². The molecule has 1 amide bonds. The van der Waals surface area contributed by atoms with E-state index >= 15 is 0 Å². The van der Waals surface area contributed by atoms with Gasteiger partial charge in [0.05, 0.1) is 5.02 Å². The van der Waals surface area contributed by atoms with Gasteiger partial charge in [-0.25, -0.2) is 17.5 Å². The zero-order chi connectivity index (χ0) is 20.4. The lowest BCUT2D eigenvalue weighted by molar-refractivity contribution is 0.0950. The van der Waals surface area contributed by atoms with Gasteiger partial charge in [-0.15, -0.1) is 0 Å². The van der Waals surface area contributed by atoms with Gasteiger partial charge in [0.15, 0.2) is 0 Å². The van der Waals surface area contributed by atoms with Gasteiger partial charge in [0.25, 0.3) is 5.91 Å². The van der Waals surface area contributed by atoms with Crippen molar-refractivity contribution in [3.63, 3.8) is 0 Å². The second kappa shape index (κ2) is 8.26. The highest BCUT2D eigenvalue weighted by Gasteiger charge is 2.25. The van der Waals surface area contributed by atoms with Crippen LogP contribution in [0.3, 0.4) is 0 Å². The first-order valence-corrected chi connectivity index (χ1v) is 10.6. The van der Waals surface area contributed by atoms with Crippen LogP contribution in [0.5, 0.6) is 0 Å². The lowest BCUT2D eigenvalue weighted by Gasteiger charge is -2.21. The summed E-state index contributed by atoms with van der Waals surface area (Å²) in [6.07, 6.45) is 0. The summed E-state index contributed by atoms with van der Waals surface area (Å²) in [4.78, 5) is 12.2. The molecule has 27 heavy (non-hydrogen) atoms. The topological polar surface area (TPSA) is 75.3 Å². The van der Waals surface area contributed by atoms with Crippen molar-refractivity contribution in [3.8, 4) is 0 Å². The van der Waals surface area contributed by atoms with Crippen LogP contribution in [0.15, 0.2) is 45.8 Å². The van der Waals surface area contributed by atoms with Crippen LogP contribution in [0.1, 0.15) is 36.7 Å². The molecule has 0 spiro atoms. The number of benzene rings is 2. The Hall–Kier alpha value is -1.48. The summed E-state index contributed by atoms with van der Waals surface area (Å²) in [6, 6.07) is 8.35. The van der Waals surface area contributed by atoms with Crippen LogP contribution in [0, 0.1) is 5.82 Å². The first-order chi connectivity index (χ1) is 12.4. The normalized spacial score (nSPS) is 12.1. The summed E-state index contributed by atoms with van der Waals surface area (Å²) in [5, 5.41) is 2.57. The van der Waals surface area contributed by atoms with Crippen molar-refractivity contribution in [3.05, 3.63) is 62.8 Å². The molecule has 0 fully saturated rings. The van der Waals surface area contributed by atoms with E-state index in [9.17, 15) is 17.6 Å². The Balaban J connectivity index is 2.24. The molecule has 0 aliphatic rings. The molecule has 9 heteroatoms. The fourth-order valence-corrected chi connectivity index (χ4v) is 4.62. The van der Waals surface area contributed by atoms with Gasteiger partial charge in [0, 0.05) is 27.7 Å². The van der Waals surface area contributed by atoms with Crippen molar-refractivity contribution in [2.75, 3.05) is 0 Å². The Morgan fingerprint density at radius 3 is 2.48 bits per heavy atom. The largest absolute Gasteiger partial charge is 0.348 e. The van der Waals surface area contributed by atoms with Crippen LogP contribution in [-0.4, -0.2) is 19.9 Å². The molecular weight excluding hydrogens is 459 g/mol. The van der Waals surface area contributed by atoms with Crippen LogP contribution >= 0.6 is 27.5 Å². The summed E-state index contributed by atoms with van der Waals surface area (Å²) >= 11 is 9.26. The number of nitrogens with one attached hydrogen (secondary N) is 2. The molecule has 0 saturated heterocycles. The smallest absolute Gasteiger partial charge is 0.251 e. The maximum Gasteiger partial charge on any atom is 0.251 e. The predicted molar refractivity (Wildman–Crippen MR) is 107 cm³/mol. The van der Waals surface area contributed by atoms with Crippen LogP contribution in [0.2, 0.25) is 5.02 Å². The van der Waals surface area contributed by atoms with E-state index in [0.29, 0.717) is 10.0 Å². The molecule has 2 aromatic carbocycles. The number of hydrogen-bond acceptors (Lipinski definition) is 3. The molecule has 0 bridgehead atoms. The fraction of sp³-hybridized carbons (Fsp3) is 0.278. The zero-order valence-electron chi connectivity index (χ0n) is 14.9. The lowest BCUT2D eigenvalue weighted by Crippen LogP contribution is -2.40. The molecule has 0 aromatic heterocycles. The number of halogens is 3. The molecule has 0 unspecified atom stereocenters. The Bertz CT molecular complexity index is 975. The minimum absolute atomic E-state index is 0.00124. The molecule has 2 aromatic rings. The maximum absolute atomic E-state index is 13.8. The van der Waals surface area contributed by atoms with Gasteiger partial charge in [-0.2, -0.15) is 0 Å². The second-order valence-electron chi connectivity index (χ2n) is 6.92. The van der Waals surface area contributed by atoms with E-state index in [-0.39, 0.29) is 22.0 Å². The lowest BCUT2D eigenvalue weighted by atomic mass is 10.1. The van der Waals surface area contributed by atoms with Gasteiger partial charge in [0.1, 0.15) is 10.7 Å². The van der Waals surface area contributed by atoms with Crippen molar-refractivity contribution >= 4 is 43.5 Å². The Morgan fingerprint density at radius 2 is 1.85 bits per heavy atom. The summed E-state index contributed by atoms with van der Waals surface area (Å²) < 4.78 is 42.0. The van der Waals surface area contributed by atoms with Crippen molar-refractivity contribution in [2.24, 2.45) is 0 Å². The molecule has 0 radical (unpaired) electrons. The van der Waals surface area contributed by atoms with E-state index in [2.05, 4.69) is 26.0 Å². The SMILES string of the molecule is CC(C)(C)NS(=O)(=O)c1cc(C(=O)NCc2cc(Br)ccc2F)ccc1Cl. The third kappa shape index (κ3) is 6.00. The highest BCUT2D eigenvalue weighted by atomic mass is 79.9. The fourth-order valence-electron chi connectivity index (χ4n) is 2.26. The average molecular weight is 478 g/mol. The summed E-state index contributed by atoms with van der Waals surface area (Å²) in [5.74, 6) is -0.995. The summed E-state index contributed by atoms with van der Waals surface area (Å²) in [7, 11) is -3.91. The molecule has 0 aliphatic heterocycles. The first-order valence-electron chi connectivity index (χ1n) is 7.95. The van der Waals surface area contributed by atoms with Gasteiger partial charge >= 0.3 is 0 Å². The van der Waals surface area contributed by atoms with Gasteiger partial charge in [-0.1, -0.05) is 27.5 Å². The van der Waals surface area contributed by atoms with Gasteiger partial charge < -0.3 is 5.32 Å². The first kappa shape index (κ1) is 21.8. The number of sulfonamides is 1. The summed E-state index contributed by atoms with van der Waals surface area (Å²) in [6.45, 7) is 5.04. The highest BCUT2D eigenvalue weighted by molar-refractivity contribution is 9.10. The van der Waals surface area contributed by atoms with E-state index in [1.807, 2.05) is 0 Å².